The Morgan fingerprint density at radius 1 is 1.11 bits per heavy atom. The zero-order valence-corrected chi connectivity index (χ0v) is 22.7. The van der Waals surface area contributed by atoms with Crippen molar-refractivity contribution in [2.24, 2.45) is 12.5 Å². The molecule has 202 valence electrons. The zero-order chi connectivity index (χ0) is 27.2. The summed E-state index contributed by atoms with van der Waals surface area (Å²) in [5.41, 5.74) is 3.23. The van der Waals surface area contributed by atoms with Gasteiger partial charge in [-0.1, -0.05) is 13.8 Å². The second-order valence-electron chi connectivity index (χ2n) is 10.6. The van der Waals surface area contributed by atoms with Gasteiger partial charge in [0, 0.05) is 56.7 Å². The van der Waals surface area contributed by atoms with E-state index in [-0.39, 0.29) is 35.5 Å². The topological polar surface area (TPSA) is 109 Å². The monoisotopic (exact) mass is 541 g/mol. The molecule has 0 radical (unpaired) electrons. The van der Waals surface area contributed by atoms with Crippen LogP contribution in [0.3, 0.4) is 0 Å². The number of benzene rings is 2. The first-order valence-corrected chi connectivity index (χ1v) is 13.9. The van der Waals surface area contributed by atoms with Crippen LogP contribution in [0.2, 0.25) is 0 Å². The molecule has 1 N–H and O–H groups in total. The van der Waals surface area contributed by atoms with Crippen LogP contribution in [-0.4, -0.2) is 80.3 Å². The average molecular weight is 542 g/mol. The lowest BCUT2D eigenvalue weighted by atomic mass is 9.90. The van der Waals surface area contributed by atoms with Crippen molar-refractivity contribution >= 4 is 20.9 Å². The van der Waals surface area contributed by atoms with Gasteiger partial charge in [0.15, 0.2) is 0 Å². The maximum atomic E-state index is 13.5. The molecule has 2 aromatic heterocycles. The van der Waals surface area contributed by atoms with E-state index in [4.69, 9.17) is 0 Å². The van der Waals surface area contributed by atoms with Crippen molar-refractivity contribution in [2.45, 2.75) is 31.8 Å². The highest BCUT2D eigenvalue weighted by Crippen LogP contribution is 2.35. The van der Waals surface area contributed by atoms with Gasteiger partial charge in [0.05, 0.1) is 23.6 Å². The predicted octanol–water partition coefficient (Wildman–Crippen LogP) is 2.67. The molecule has 0 bridgehead atoms. The van der Waals surface area contributed by atoms with Crippen LogP contribution in [0.5, 0.6) is 0 Å². The number of piperazine rings is 1. The minimum Gasteiger partial charge on any atom is -0.396 e. The Bertz CT molecular complexity index is 1560. The Morgan fingerprint density at radius 3 is 2.50 bits per heavy atom. The molecule has 1 aliphatic heterocycles. The maximum Gasteiger partial charge on any atom is 0.264 e. The number of nitrogens with zero attached hydrogens (tertiary/aromatic N) is 7. The summed E-state index contributed by atoms with van der Waals surface area (Å²) in [6.07, 6.45) is 3.03. The highest BCUT2D eigenvalue weighted by atomic mass is 32.2. The van der Waals surface area contributed by atoms with Gasteiger partial charge in [-0.3, -0.25) is 4.90 Å². The SMILES string of the molecule is Cc1cc2c(cnn2-c2ccc(F)cc2)cc1[C@@H]1CN(S(=O)(=O)c2cnn(C)n2)CCN1CC(C)(C)CO. The predicted molar refractivity (Wildman–Crippen MR) is 141 cm³/mol. The van der Waals surface area contributed by atoms with Gasteiger partial charge in [-0.15, -0.1) is 5.10 Å². The van der Waals surface area contributed by atoms with Crippen LogP contribution in [0.1, 0.15) is 31.0 Å². The van der Waals surface area contributed by atoms with E-state index in [0.29, 0.717) is 19.6 Å². The van der Waals surface area contributed by atoms with Crippen molar-refractivity contribution < 1.29 is 17.9 Å². The number of hydrogen-bond donors (Lipinski definition) is 1. The number of aryl methyl sites for hydroxylation is 2. The van der Waals surface area contributed by atoms with Gasteiger partial charge in [0.1, 0.15) is 5.82 Å². The van der Waals surface area contributed by atoms with Gasteiger partial charge in [0.25, 0.3) is 10.0 Å². The summed E-state index contributed by atoms with van der Waals surface area (Å²) >= 11 is 0. The maximum absolute atomic E-state index is 13.5. The first-order chi connectivity index (χ1) is 18.0. The van der Waals surface area contributed by atoms with E-state index < -0.39 is 10.0 Å². The third kappa shape index (κ3) is 4.96. The second kappa shape index (κ2) is 9.84. The molecule has 10 nitrogen and oxygen atoms in total. The zero-order valence-electron chi connectivity index (χ0n) is 21.9. The molecule has 1 saturated heterocycles. The molecular formula is C26H32FN7O3S. The lowest BCUT2D eigenvalue weighted by Gasteiger charge is -2.44. The summed E-state index contributed by atoms with van der Waals surface area (Å²) in [5, 5.41) is 23.3. The average Bonchev–Trinajstić information content (AvgIpc) is 3.50. The van der Waals surface area contributed by atoms with Crippen LogP contribution >= 0.6 is 0 Å². The summed E-state index contributed by atoms with van der Waals surface area (Å²) < 4.78 is 43.5. The Labute approximate surface area is 221 Å². The molecule has 38 heavy (non-hydrogen) atoms. The lowest BCUT2D eigenvalue weighted by Crippen LogP contribution is -2.53. The Hall–Kier alpha value is -3.19. The van der Waals surface area contributed by atoms with Crippen molar-refractivity contribution in [1.29, 1.82) is 0 Å². The van der Waals surface area contributed by atoms with Crippen molar-refractivity contribution in [3.63, 3.8) is 0 Å². The van der Waals surface area contributed by atoms with Crippen molar-refractivity contribution in [3.05, 3.63) is 65.7 Å². The van der Waals surface area contributed by atoms with E-state index in [0.717, 1.165) is 27.7 Å². The molecule has 3 heterocycles. The summed E-state index contributed by atoms with van der Waals surface area (Å²) in [6.45, 7) is 7.65. The van der Waals surface area contributed by atoms with Crippen LogP contribution in [0.15, 0.2) is 53.8 Å². The Balaban J connectivity index is 1.54. The van der Waals surface area contributed by atoms with E-state index in [2.05, 4.69) is 26.3 Å². The summed E-state index contributed by atoms with van der Waals surface area (Å²) in [5.74, 6) is -0.312. The van der Waals surface area contributed by atoms with Crippen LogP contribution in [0.25, 0.3) is 16.6 Å². The van der Waals surface area contributed by atoms with E-state index in [9.17, 15) is 17.9 Å². The number of hydrogen-bond acceptors (Lipinski definition) is 7. The normalized spacial score (nSPS) is 17.9. The van der Waals surface area contributed by atoms with E-state index in [1.165, 1.54) is 27.4 Å². The van der Waals surface area contributed by atoms with Gasteiger partial charge >= 0.3 is 0 Å². The fourth-order valence-corrected chi connectivity index (χ4v) is 6.34. The number of halogens is 1. The molecule has 5 rings (SSSR count). The number of aliphatic hydroxyl groups excluding tert-OH is 1. The third-order valence-electron chi connectivity index (χ3n) is 7.08. The molecule has 1 atom stereocenters. The summed E-state index contributed by atoms with van der Waals surface area (Å²) in [7, 11) is -2.25. The molecule has 0 spiro atoms. The first kappa shape index (κ1) is 26.4. The van der Waals surface area contributed by atoms with Crippen molar-refractivity contribution in [3.8, 4) is 5.69 Å². The number of sulfonamides is 1. The van der Waals surface area contributed by atoms with Gasteiger partial charge < -0.3 is 5.11 Å². The summed E-state index contributed by atoms with van der Waals surface area (Å²) in [6, 6.07) is 10.0. The van der Waals surface area contributed by atoms with Gasteiger partial charge in [-0.2, -0.15) is 19.3 Å². The van der Waals surface area contributed by atoms with Crippen LogP contribution in [0, 0.1) is 18.2 Å². The van der Waals surface area contributed by atoms with Gasteiger partial charge in [-0.25, -0.2) is 17.5 Å². The molecular weight excluding hydrogens is 509 g/mol. The molecule has 1 aliphatic rings. The standard InChI is InChI=1S/C26H32FN7O3S/c1-18-11-23-19(13-29-34(23)21-7-5-20(27)6-8-21)12-22(18)24-15-33(10-9-32(24)16-26(2,3)17-35)38(36,37)25-14-28-31(4)30-25/h5-8,11-14,24,35H,9-10,15-17H2,1-4H3/t24-/m0/s1. The number of rotatable bonds is 7. The number of aliphatic hydroxyl groups is 1. The molecule has 0 aliphatic carbocycles. The smallest absolute Gasteiger partial charge is 0.264 e. The largest absolute Gasteiger partial charge is 0.396 e. The van der Waals surface area contributed by atoms with Gasteiger partial charge in [-0.05, 0) is 54.4 Å². The van der Waals surface area contributed by atoms with Crippen LogP contribution in [-0.2, 0) is 17.1 Å². The quantitative estimate of drug-likeness (QED) is 0.383. The third-order valence-corrected chi connectivity index (χ3v) is 8.81. The fourth-order valence-electron chi connectivity index (χ4n) is 5.02. The Kier molecular flexibility index (Phi) is 6.84. The number of fused-ring (bicyclic) bond motifs is 1. The summed E-state index contributed by atoms with van der Waals surface area (Å²) in [4.78, 5) is 3.48. The molecule has 4 aromatic rings. The van der Waals surface area contributed by atoms with Crippen molar-refractivity contribution in [2.75, 3.05) is 32.8 Å². The second-order valence-corrected chi connectivity index (χ2v) is 12.5. The molecule has 0 saturated carbocycles. The van der Waals surface area contributed by atoms with Crippen LogP contribution in [0.4, 0.5) is 4.39 Å². The van der Waals surface area contributed by atoms with Crippen molar-refractivity contribution in [1.82, 2.24) is 34.0 Å². The first-order valence-electron chi connectivity index (χ1n) is 12.4. The Morgan fingerprint density at radius 2 is 1.84 bits per heavy atom. The van der Waals surface area contributed by atoms with E-state index in [1.54, 1.807) is 30.1 Å². The minimum absolute atomic E-state index is 0.0142. The molecule has 12 heteroatoms. The highest BCUT2D eigenvalue weighted by molar-refractivity contribution is 7.89. The molecule has 0 amide bonds. The van der Waals surface area contributed by atoms with Gasteiger partial charge in [0.2, 0.25) is 5.03 Å². The highest BCUT2D eigenvalue weighted by Gasteiger charge is 2.38. The fraction of sp³-hybridized carbons (Fsp3) is 0.423. The van der Waals surface area contributed by atoms with Crippen LogP contribution < -0.4 is 0 Å². The van der Waals surface area contributed by atoms with E-state index in [1.807, 2.05) is 26.8 Å². The molecule has 0 unspecified atom stereocenters. The molecule has 2 aromatic carbocycles. The minimum atomic E-state index is -3.83. The molecule has 1 fully saturated rings. The number of aromatic nitrogens is 5. The lowest BCUT2D eigenvalue weighted by molar-refractivity contribution is 0.0479. The van der Waals surface area contributed by atoms with E-state index >= 15 is 0 Å².